The predicted octanol–water partition coefficient (Wildman–Crippen LogP) is 5.37. The first kappa shape index (κ1) is 15.2. The minimum Gasteiger partial charge on any atom is -0.473 e. The average Bonchev–Trinajstić information content (AvgIpc) is 3.44. The van der Waals surface area contributed by atoms with Crippen molar-refractivity contribution in [2.75, 3.05) is 0 Å². The molecule has 1 heterocycles. The quantitative estimate of drug-likeness (QED) is 0.499. The fourth-order valence-corrected chi connectivity index (χ4v) is 3.88. The summed E-state index contributed by atoms with van der Waals surface area (Å²) in [6, 6.07) is 33.5. The second kappa shape index (κ2) is 5.99. The van der Waals surface area contributed by atoms with Crippen LogP contribution in [0.1, 0.15) is 17.5 Å². The highest BCUT2D eigenvalue weighted by molar-refractivity contribution is 5.78. The normalized spacial score (nSPS) is 17.8. The molecule has 26 heavy (non-hydrogen) atoms. The lowest BCUT2D eigenvalue weighted by Crippen LogP contribution is -2.18. The van der Waals surface area contributed by atoms with Crippen molar-refractivity contribution in [3.8, 4) is 5.88 Å². The van der Waals surface area contributed by atoms with Crippen LogP contribution in [0.4, 0.5) is 0 Å². The molecule has 1 fully saturated rings. The first-order valence-corrected chi connectivity index (χ1v) is 9.00. The zero-order valence-corrected chi connectivity index (χ0v) is 14.4. The summed E-state index contributed by atoms with van der Waals surface area (Å²) < 4.78 is 6.35. The van der Waals surface area contributed by atoms with Gasteiger partial charge >= 0.3 is 0 Å². The molecule has 3 aromatic carbocycles. The zero-order chi connectivity index (χ0) is 17.4. The maximum atomic E-state index is 6.35. The molecule has 0 saturated heterocycles. The highest BCUT2D eigenvalue weighted by Gasteiger charge is 2.59. The third kappa shape index (κ3) is 2.46. The molecule has 1 aromatic heterocycles. The number of fused-ring (bicyclic) bond motifs is 1. The molecule has 1 aliphatic rings. The van der Waals surface area contributed by atoms with Gasteiger partial charge in [0.1, 0.15) is 6.10 Å². The lowest BCUT2D eigenvalue weighted by Gasteiger charge is -2.19. The summed E-state index contributed by atoms with van der Waals surface area (Å²) in [4.78, 5) is 4.69. The van der Waals surface area contributed by atoms with Gasteiger partial charge in [-0.25, -0.2) is 4.98 Å². The van der Waals surface area contributed by atoms with E-state index in [4.69, 9.17) is 4.74 Å². The van der Waals surface area contributed by atoms with Crippen molar-refractivity contribution in [1.82, 2.24) is 4.98 Å². The Labute approximate surface area is 153 Å². The van der Waals surface area contributed by atoms with E-state index in [2.05, 4.69) is 77.8 Å². The van der Waals surface area contributed by atoms with Gasteiger partial charge < -0.3 is 4.74 Å². The number of nitrogens with zero attached hydrogens (tertiary/aromatic N) is 1. The second-order valence-electron chi connectivity index (χ2n) is 6.86. The summed E-state index contributed by atoms with van der Waals surface area (Å²) in [5.41, 5.74) is 3.49. The highest BCUT2D eigenvalue weighted by Crippen LogP contribution is 2.55. The van der Waals surface area contributed by atoms with Gasteiger partial charge in [0, 0.05) is 17.9 Å². The predicted molar refractivity (Wildman–Crippen MR) is 104 cm³/mol. The van der Waals surface area contributed by atoms with Crippen LogP contribution < -0.4 is 4.74 Å². The van der Waals surface area contributed by atoms with E-state index in [1.54, 1.807) is 0 Å². The zero-order valence-electron chi connectivity index (χ0n) is 14.4. The van der Waals surface area contributed by atoms with E-state index in [0.717, 1.165) is 17.3 Å². The van der Waals surface area contributed by atoms with Gasteiger partial charge in [0.15, 0.2) is 0 Å². The number of hydrogen-bond acceptors (Lipinski definition) is 2. The molecule has 5 rings (SSSR count). The smallest absolute Gasteiger partial charge is 0.214 e. The Kier molecular flexibility index (Phi) is 3.49. The van der Waals surface area contributed by atoms with E-state index in [0.29, 0.717) is 5.88 Å². The molecule has 1 unspecified atom stereocenters. The monoisotopic (exact) mass is 337 g/mol. The lowest BCUT2D eigenvalue weighted by molar-refractivity contribution is 0.272. The Hall–Kier alpha value is -3.13. The van der Waals surface area contributed by atoms with Crippen LogP contribution >= 0.6 is 0 Å². The SMILES string of the molecule is c1ccc(C2(c3ccccc3)CC2Oc2ccc3ccccc3n2)cc1. The minimum atomic E-state index is -0.0875. The lowest BCUT2D eigenvalue weighted by atomic mass is 9.87. The van der Waals surface area contributed by atoms with E-state index in [-0.39, 0.29) is 11.5 Å². The topological polar surface area (TPSA) is 22.1 Å². The Morgan fingerprint density at radius 1 is 0.692 bits per heavy atom. The van der Waals surface area contributed by atoms with Gasteiger partial charge in [0.2, 0.25) is 5.88 Å². The molecule has 0 radical (unpaired) electrons. The van der Waals surface area contributed by atoms with Gasteiger partial charge in [-0.05, 0) is 23.3 Å². The average molecular weight is 337 g/mol. The largest absolute Gasteiger partial charge is 0.473 e. The molecular weight excluding hydrogens is 318 g/mol. The third-order valence-electron chi connectivity index (χ3n) is 5.31. The number of rotatable bonds is 4. The molecule has 0 aliphatic heterocycles. The molecule has 2 nitrogen and oxygen atoms in total. The van der Waals surface area contributed by atoms with Crippen molar-refractivity contribution in [1.29, 1.82) is 0 Å². The second-order valence-corrected chi connectivity index (χ2v) is 6.86. The molecule has 2 heteroatoms. The first-order valence-electron chi connectivity index (χ1n) is 9.00. The van der Waals surface area contributed by atoms with E-state index in [9.17, 15) is 0 Å². The van der Waals surface area contributed by atoms with Gasteiger partial charge in [0.25, 0.3) is 0 Å². The van der Waals surface area contributed by atoms with E-state index in [1.165, 1.54) is 11.1 Å². The van der Waals surface area contributed by atoms with Gasteiger partial charge in [-0.1, -0.05) is 78.9 Å². The van der Waals surface area contributed by atoms with Crippen LogP contribution in [-0.2, 0) is 5.41 Å². The molecular formula is C24H19NO. The van der Waals surface area contributed by atoms with Crippen LogP contribution in [0.3, 0.4) is 0 Å². The van der Waals surface area contributed by atoms with Crippen LogP contribution in [0.25, 0.3) is 10.9 Å². The number of pyridine rings is 1. The molecule has 126 valence electrons. The molecule has 0 amide bonds. The van der Waals surface area contributed by atoms with Crippen LogP contribution in [0.15, 0.2) is 97.1 Å². The van der Waals surface area contributed by atoms with Gasteiger partial charge in [-0.15, -0.1) is 0 Å². The summed E-state index contributed by atoms with van der Waals surface area (Å²) in [6.45, 7) is 0. The maximum Gasteiger partial charge on any atom is 0.214 e. The molecule has 1 atom stereocenters. The van der Waals surface area contributed by atoms with Gasteiger partial charge in [-0.3, -0.25) is 0 Å². The van der Waals surface area contributed by atoms with Crippen LogP contribution in [0.5, 0.6) is 5.88 Å². The number of benzene rings is 3. The van der Waals surface area contributed by atoms with Gasteiger partial charge in [0.05, 0.1) is 10.9 Å². The summed E-state index contributed by atoms with van der Waals surface area (Å²) in [5.74, 6) is 0.697. The van der Waals surface area contributed by atoms with Crippen LogP contribution in [0, 0.1) is 0 Å². The van der Waals surface area contributed by atoms with Crippen molar-refractivity contribution in [3.05, 3.63) is 108 Å². The fourth-order valence-electron chi connectivity index (χ4n) is 3.88. The van der Waals surface area contributed by atoms with Crippen molar-refractivity contribution >= 4 is 10.9 Å². The molecule has 0 spiro atoms. The highest BCUT2D eigenvalue weighted by atomic mass is 16.5. The van der Waals surface area contributed by atoms with E-state index >= 15 is 0 Å². The van der Waals surface area contributed by atoms with Crippen molar-refractivity contribution < 1.29 is 4.74 Å². The summed E-state index contributed by atoms with van der Waals surface area (Å²) in [5, 5.41) is 1.13. The standard InChI is InChI=1S/C24H19NO/c1-3-10-19(11-4-1)24(20-12-5-2-6-13-20)17-22(24)26-23-16-15-18-9-7-8-14-21(18)25-23/h1-16,22H,17H2. The van der Waals surface area contributed by atoms with Crippen molar-refractivity contribution in [2.24, 2.45) is 0 Å². The molecule has 4 aromatic rings. The minimum absolute atomic E-state index is 0.0875. The molecule has 0 N–H and O–H groups in total. The van der Waals surface area contributed by atoms with Gasteiger partial charge in [-0.2, -0.15) is 0 Å². The first-order chi connectivity index (χ1) is 12.9. The number of aromatic nitrogens is 1. The maximum absolute atomic E-state index is 6.35. The number of hydrogen-bond donors (Lipinski definition) is 0. The Bertz CT molecular complexity index is 1000. The van der Waals surface area contributed by atoms with E-state index in [1.807, 2.05) is 24.3 Å². The number of ether oxygens (including phenoxy) is 1. The van der Waals surface area contributed by atoms with Crippen molar-refractivity contribution in [3.63, 3.8) is 0 Å². The van der Waals surface area contributed by atoms with Crippen LogP contribution in [-0.4, -0.2) is 11.1 Å². The Balaban J connectivity index is 1.51. The Morgan fingerprint density at radius 2 is 1.31 bits per heavy atom. The fraction of sp³-hybridized carbons (Fsp3) is 0.125. The summed E-state index contributed by atoms with van der Waals surface area (Å²) in [6.07, 6.45) is 1.07. The summed E-state index contributed by atoms with van der Waals surface area (Å²) in [7, 11) is 0. The Morgan fingerprint density at radius 3 is 2.00 bits per heavy atom. The summed E-state index contributed by atoms with van der Waals surface area (Å²) >= 11 is 0. The van der Waals surface area contributed by atoms with Crippen molar-refractivity contribution in [2.45, 2.75) is 17.9 Å². The third-order valence-corrected chi connectivity index (χ3v) is 5.31. The molecule has 1 aliphatic carbocycles. The van der Waals surface area contributed by atoms with Crippen LogP contribution in [0.2, 0.25) is 0 Å². The van der Waals surface area contributed by atoms with E-state index < -0.39 is 0 Å². The number of para-hydroxylation sites is 1. The molecule has 1 saturated carbocycles. The molecule has 0 bridgehead atoms.